The molecule has 0 aliphatic carbocycles. The van der Waals surface area contributed by atoms with E-state index in [0.717, 1.165) is 56.5 Å². The molecule has 4 aromatic rings. The van der Waals surface area contributed by atoms with Crippen molar-refractivity contribution in [3.8, 4) is 0 Å². The van der Waals surface area contributed by atoms with Gasteiger partial charge in [-0.3, -0.25) is 4.79 Å². The lowest BCUT2D eigenvalue weighted by atomic mass is 10.1. The van der Waals surface area contributed by atoms with Gasteiger partial charge in [-0.1, -0.05) is 36.4 Å². The van der Waals surface area contributed by atoms with Gasteiger partial charge in [-0.15, -0.1) is 0 Å². The molecule has 5 nitrogen and oxygen atoms in total. The number of likely N-dealkylation sites (N-methyl/N-ethyl adjacent to an activating group) is 1. The minimum atomic E-state index is 0. The second-order valence-electron chi connectivity index (χ2n) is 8.75. The van der Waals surface area contributed by atoms with E-state index in [9.17, 15) is 4.79 Å². The Kier molecular flexibility index (Phi) is 5.32. The zero-order valence-corrected chi connectivity index (χ0v) is 19.6. The van der Waals surface area contributed by atoms with Gasteiger partial charge in [0.1, 0.15) is 5.82 Å². The van der Waals surface area contributed by atoms with Gasteiger partial charge < -0.3 is 37.9 Å². The summed E-state index contributed by atoms with van der Waals surface area (Å²) in [7, 11) is 6.58. The summed E-state index contributed by atoms with van der Waals surface area (Å²) in [5, 5.41) is 2.16. The first kappa shape index (κ1) is 20.8. The molecule has 0 saturated heterocycles. The summed E-state index contributed by atoms with van der Waals surface area (Å²) >= 11 is 0. The van der Waals surface area contributed by atoms with Crippen LogP contribution in [0, 0.1) is 0 Å². The van der Waals surface area contributed by atoms with Crippen LogP contribution < -0.4 is 28.9 Å². The van der Waals surface area contributed by atoms with E-state index in [2.05, 4.69) is 43.9 Å². The number of halogens is 1. The van der Waals surface area contributed by atoms with Crippen molar-refractivity contribution in [3.63, 3.8) is 0 Å². The van der Waals surface area contributed by atoms with E-state index in [1.54, 1.807) is 0 Å². The number of nitrogens with zero attached hydrogens (tertiary/aromatic N) is 4. The summed E-state index contributed by atoms with van der Waals surface area (Å²) in [4.78, 5) is 20.0. The fourth-order valence-corrected chi connectivity index (χ4v) is 4.17. The molecule has 0 radical (unpaired) electrons. The van der Waals surface area contributed by atoms with E-state index in [0.29, 0.717) is 6.54 Å². The van der Waals surface area contributed by atoms with Gasteiger partial charge in [-0.2, -0.15) is 0 Å². The number of benzene rings is 3. The van der Waals surface area contributed by atoms with Crippen LogP contribution in [0.3, 0.4) is 0 Å². The molecule has 3 aromatic carbocycles. The average molecular weight is 512 g/mol. The first-order valence-corrected chi connectivity index (χ1v) is 10.0. The molecular weight excluding hydrogens is 487 g/mol. The van der Waals surface area contributed by atoms with Gasteiger partial charge in [0.05, 0.1) is 57.5 Å². The lowest BCUT2D eigenvalue weighted by molar-refractivity contribution is -0.870. The molecule has 0 unspecified atom stereocenters. The quantitative estimate of drug-likeness (QED) is 0.297. The molecule has 0 atom stereocenters. The van der Waals surface area contributed by atoms with Gasteiger partial charge in [0.25, 0.3) is 5.91 Å². The third kappa shape index (κ3) is 3.48. The van der Waals surface area contributed by atoms with Crippen molar-refractivity contribution in [2.45, 2.75) is 13.1 Å². The number of anilines is 1. The smallest absolute Gasteiger partial charge is 0.259 e. The van der Waals surface area contributed by atoms with E-state index in [1.807, 2.05) is 47.4 Å². The Labute approximate surface area is 193 Å². The fourth-order valence-electron chi connectivity index (χ4n) is 4.17. The molecule has 0 spiro atoms. The van der Waals surface area contributed by atoms with Crippen LogP contribution in [0.15, 0.2) is 60.7 Å². The van der Waals surface area contributed by atoms with E-state index in [-0.39, 0.29) is 29.9 Å². The van der Waals surface area contributed by atoms with Crippen LogP contribution in [0.25, 0.3) is 21.8 Å². The maximum Gasteiger partial charge on any atom is 0.259 e. The van der Waals surface area contributed by atoms with Crippen molar-refractivity contribution in [3.05, 3.63) is 72.1 Å². The number of imidazole rings is 1. The van der Waals surface area contributed by atoms with Crippen molar-refractivity contribution >= 4 is 33.4 Å². The summed E-state index contributed by atoms with van der Waals surface area (Å²) < 4.78 is 3.15. The first-order chi connectivity index (χ1) is 13.9. The van der Waals surface area contributed by atoms with Crippen molar-refractivity contribution in [1.29, 1.82) is 0 Å². The number of carbonyl (C=O) groups is 1. The number of rotatable bonds is 5. The van der Waals surface area contributed by atoms with E-state index >= 15 is 0 Å². The van der Waals surface area contributed by atoms with Gasteiger partial charge in [0.15, 0.2) is 0 Å². The molecule has 1 amide bonds. The molecule has 1 aliphatic rings. The van der Waals surface area contributed by atoms with E-state index in [1.165, 1.54) is 0 Å². The molecule has 2 heterocycles. The standard InChI is InChI=1S/C24H25N4O.HI/c1-28(2,3)15-14-26-20-12-5-4-11-19(20)25-22(26)16-27-21-13-7-9-17-8-6-10-18(23(17)21)24(27)29;/h4-13H,14-16H2,1-3H3;1H/q+1;/p-1. The highest BCUT2D eigenvalue weighted by atomic mass is 127. The third-order valence-corrected chi connectivity index (χ3v) is 5.68. The summed E-state index contributed by atoms with van der Waals surface area (Å²) in [5.74, 6) is 0.986. The zero-order valence-electron chi connectivity index (χ0n) is 17.5. The maximum absolute atomic E-state index is 13.2. The van der Waals surface area contributed by atoms with E-state index in [4.69, 9.17) is 4.98 Å². The second-order valence-corrected chi connectivity index (χ2v) is 8.75. The first-order valence-electron chi connectivity index (χ1n) is 10.0. The molecule has 154 valence electrons. The average Bonchev–Trinajstić information content (AvgIpc) is 3.18. The largest absolute Gasteiger partial charge is 1.00 e. The van der Waals surface area contributed by atoms with Gasteiger partial charge in [0, 0.05) is 10.9 Å². The lowest BCUT2D eigenvalue weighted by Crippen LogP contribution is -3.00. The number of hydrogen-bond acceptors (Lipinski definition) is 2. The lowest BCUT2D eigenvalue weighted by Gasteiger charge is -2.25. The fraction of sp³-hybridized carbons (Fsp3) is 0.250. The summed E-state index contributed by atoms with van der Waals surface area (Å²) in [6.07, 6.45) is 0. The molecule has 5 rings (SSSR count). The number of carbonyl (C=O) groups excluding carboxylic acids is 1. The highest BCUT2D eigenvalue weighted by Gasteiger charge is 2.31. The number of para-hydroxylation sites is 2. The Hall–Kier alpha value is -2.45. The number of fused-ring (bicyclic) bond motifs is 1. The minimum absolute atomic E-state index is 0. The predicted octanol–water partition coefficient (Wildman–Crippen LogP) is 1.06. The molecule has 1 aliphatic heterocycles. The highest BCUT2D eigenvalue weighted by Crippen LogP contribution is 2.38. The summed E-state index contributed by atoms with van der Waals surface area (Å²) in [5.41, 5.74) is 3.87. The Morgan fingerprint density at radius 2 is 1.67 bits per heavy atom. The molecule has 0 N–H and O–H groups in total. The number of quaternary nitrogens is 1. The predicted molar refractivity (Wildman–Crippen MR) is 117 cm³/mol. The van der Waals surface area contributed by atoms with Crippen molar-refractivity contribution in [2.75, 3.05) is 32.6 Å². The normalized spacial score (nSPS) is 13.3. The Balaban J connectivity index is 0.00000218. The summed E-state index contributed by atoms with van der Waals surface area (Å²) in [6, 6.07) is 20.3. The monoisotopic (exact) mass is 512 g/mol. The molecule has 0 saturated carbocycles. The minimum Gasteiger partial charge on any atom is -1.00 e. The van der Waals surface area contributed by atoms with Crippen LogP contribution in [0.4, 0.5) is 5.69 Å². The number of hydrogen-bond donors (Lipinski definition) is 0. The second kappa shape index (κ2) is 7.67. The Morgan fingerprint density at radius 3 is 2.43 bits per heavy atom. The van der Waals surface area contributed by atoms with Gasteiger partial charge in [-0.05, 0) is 29.7 Å². The highest BCUT2D eigenvalue weighted by molar-refractivity contribution is 6.24. The van der Waals surface area contributed by atoms with Crippen LogP contribution >= 0.6 is 0 Å². The molecule has 6 heteroatoms. The van der Waals surface area contributed by atoms with Crippen LogP contribution in [-0.2, 0) is 13.1 Å². The Morgan fingerprint density at radius 1 is 0.933 bits per heavy atom. The van der Waals surface area contributed by atoms with Gasteiger partial charge in [-0.25, -0.2) is 4.98 Å². The van der Waals surface area contributed by atoms with Crippen molar-refractivity contribution in [2.24, 2.45) is 0 Å². The molecule has 30 heavy (non-hydrogen) atoms. The van der Waals surface area contributed by atoms with Crippen molar-refractivity contribution in [1.82, 2.24) is 9.55 Å². The number of aromatic nitrogens is 2. The third-order valence-electron chi connectivity index (χ3n) is 5.68. The van der Waals surface area contributed by atoms with Crippen LogP contribution in [0.2, 0.25) is 0 Å². The Bertz CT molecular complexity index is 1250. The topological polar surface area (TPSA) is 38.1 Å². The number of amides is 1. The van der Waals surface area contributed by atoms with E-state index < -0.39 is 0 Å². The summed E-state index contributed by atoms with van der Waals surface area (Å²) in [6.45, 7) is 2.31. The van der Waals surface area contributed by atoms with Gasteiger partial charge in [0.2, 0.25) is 0 Å². The molecule has 0 bridgehead atoms. The maximum atomic E-state index is 13.2. The molecular formula is C24H25IN4O. The molecule has 0 fully saturated rings. The molecule has 1 aromatic heterocycles. The van der Waals surface area contributed by atoms with Crippen LogP contribution in [0.1, 0.15) is 16.2 Å². The SMILES string of the molecule is C[N+](C)(C)CCn1c(CN2C(=O)c3cccc4cccc2c34)nc2ccccc21.[I-]. The van der Waals surface area contributed by atoms with Crippen molar-refractivity contribution < 1.29 is 33.3 Å². The van der Waals surface area contributed by atoms with Crippen LogP contribution in [-0.4, -0.2) is 47.6 Å². The van der Waals surface area contributed by atoms with Gasteiger partial charge >= 0.3 is 0 Å². The zero-order chi connectivity index (χ0) is 20.2. The van der Waals surface area contributed by atoms with Crippen LogP contribution in [0.5, 0.6) is 0 Å².